The zero-order chi connectivity index (χ0) is 29.9. The Balaban J connectivity index is 1.25. The summed E-state index contributed by atoms with van der Waals surface area (Å²) in [4.78, 5) is 41.2. The Morgan fingerprint density at radius 2 is 1.63 bits per heavy atom. The Kier molecular flexibility index (Phi) is 8.01. The summed E-state index contributed by atoms with van der Waals surface area (Å²) in [6, 6.07) is 26.4. The third-order valence-corrected chi connectivity index (χ3v) is 8.52. The highest BCUT2D eigenvalue weighted by Crippen LogP contribution is 2.39. The summed E-state index contributed by atoms with van der Waals surface area (Å²) < 4.78 is 1.91. The molecule has 1 fully saturated rings. The van der Waals surface area contributed by atoms with Crippen molar-refractivity contribution in [3.63, 3.8) is 0 Å². The highest BCUT2D eigenvalue weighted by atomic mass is 16.2. The number of rotatable bonds is 7. The lowest BCUT2D eigenvalue weighted by atomic mass is 9.83. The third kappa shape index (κ3) is 6.33. The molecule has 220 valence electrons. The van der Waals surface area contributed by atoms with Crippen LogP contribution in [0.3, 0.4) is 0 Å². The van der Waals surface area contributed by atoms with Crippen molar-refractivity contribution in [3.8, 4) is 0 Å². The molecule has 3 aromatic carbocycles. The molecule has 1 aromatic heterocycles. The summed E-state index contributed by atoms with van der Waals surface area (Å²) >= 11 is 0. The van der Waals surface area contributed by atoms with E-state index in [9.17, 15) is 14.4 Å². The maximum Gasteiger partial charge on any atom is 0.323 e. The predicted molar refractivity (Wildman–Crippen MR) is 171 cm³/mol. The van der Waals surface area contributed by atoms with E-state index in [4.69, 9.17) is 0 Å². The van der Waals surface area contributed by atoms with Crippen molar-refractivity contribution in [2.45, 2.75) is 45.7 Å². The standard InChI is InChI=1S/C35H37N5O3/c1-3-24-11-14-29(15-12-24)37-35(43)38-30-18-27(34(42)36-19-25-9-7-23(2)8-10-25)13-16-32(30)39-20-26-17-28(22-39)31-5-4-6-33(41)40(31)21-26/h4-16,18,26,28H,3,17,19-22H2,1-2H3,(H,36,42)(H2,37,38,43). The number of carbonyl (C=O) groups is 2. The Morgan fingerprint density at radius 3 is 2.40 bits per heavy atom. The molecule has 0 saturated carbocycles. The number of piperidine rings is 1. The molecular formula is C35H37N5O3. The summed E-state index contributed by atoms with van der Waals surface area (Å²) in [5, 5.41) is 8.95. The van der Waals surface area contributed by atoms with Crippen LogP contribution in [0, 0.1) is 12.8 Å². The first kappa shape index (κ1) is 28.3. The number of urea groups is 1. The molecule has 2 atom stereocenters. The topological polar surface area (TPSA) is 95.5 Å². The lowest BCUT2D eigenvalue weighted by molar-refractivity contribution is 0.0951. The van der Waals surface area contributed by atoms with Crippen molar-refractivity contribution in [2.75, 3.05) is 28.6 Å². The lowest BCUT2D eigenvalue weighted by Crippen LogP contribution is -2.47. The van der Waals surface area contributed by atoms with E-state index in [1.54, 1.807) is 12.1 Å². The van der Waals surface area contributed by atoms with Crippen molar-refractivity contribution in [2.24, 2.45) is 5.92 Å². The van der Waals surface area contributed by atoms with Crippen molar-refractivity contribution < 1.29 is 9.59 Å². The number of aromatic nitrogens is 1. The van der Waals surface area contributed by atoms with Crippen LogP contribution in [0.15, 0.2) is 89.7 Å². The van der Waals surface area contributed by atoms with Crippen LogP contribution < -0.4 is 26.4 Å². The second-order valence-corrected chi connectivity index (χ2v) is 11.6. The minimum atomic E-state index is -0.378. The van der Waals surface area contributed by atoms with E-state index in [1.807, 2.05) is 84.3 Å². The van der Waals surface area contributed by atoms with E-state index in [2.05, 4.69) is 27.8 Å². The Bertz CT molecular complexity index is 1690. The van der Waals surface area contributed by atoms with Gasteiger partial charge in [0, 0.05) is 55.1 Å². The number of carbonyl (C=O) groups excluding carboxylic acids is 2. The minimum Gasteiger partial charge on any atom is -0.369 e. The molecule has 2 aliphatic rings. The fraction of sp³-hybridized carbons (Fsp3) is 0.286. The van der Waals surface area contributed by atoms with E-state index < -0.39 is 0 Å². The van der Waals surface area contributed by atoms with Crippen LogP contribution in [0.5, 0.6) is 0 Å². The molecule has 3 N–H and O–H groups in total. The minimum absolute atomic E-state index is 0.0487. The summed E-state index contributed by atoms with van der Waals surface area (Å²) in [5.74, 6) is 0.301. The molecule has 6 rings (SSSR count). The summed E-state index contributed by atoms with van der Waals surface area (Å²) in [6.45, 7) is 6.68. The van der Waals surface area contributed by atoms with Gasteiger partial charge in [-0.3, -0.25) is 9.59 Å². The van der Waals surface area contributed by atoms with Crippen LogP contribution >= 0.6 is 0 Å². The second kappa shape index (κ2) is 12.2. The van der Waals surface area contributed by atoms with Gasteiger partial charge in [0.05, 0.1) is 11.4 Å². The molecule has 4 aromatic rings. The smallest absolute Gasteiger partial charge is 0.323 e. The first-order valence-electron chi connectivity index (χ1n) is 15.0. The maximum absolute atomic E-state index is 13.2. The van der Waals surface area contributed by atoms with Crippen LogP contribution in [0.2, 0.25) is 0 Å². The van der Waals surface area contributed by atoms with E-state index >= 15 is 0 Å². The zero-order valence-corrected chi connectivity index (χ0v) is 24.6. The first-order valence-corrected chi connectivity index (χ1v) is 15.0. The predicted octanol–water partition coefficient (Wildman–Crippen LogP) is 5.92. The van der Waals surface area contributed by atoms with Crippen molar-refractivity contribution >= 4 is 29.0 Å². The number of anilines is 3. The molecule has 43 heavy (non-hydrogen) atoms. The van der Waals surface area contributed by atoms with Crippen LogP contribution in [-0.2, 0) is 19.5 Å². The third-order valence-electron chi connectivity index (χ3n) is 8.52. The average Bonchev–Trinajstić information content (AvgIpc) is 3.01. The van der Waals surface area contributed by atoms with Gasteiger partial charge in [-0.15, -0.1) is 0 Å². The molecule has 8 heteroatoms. The van der Waals surface area contributed by atoms with E-state index in [0.29, 0.717) is 42.5 Å². The van der Waals surface area contributed by atoms with Gasteiger partial charge in [-0.05, 0) is 73.2 Å². The van der Waals surface area contributed by atoms with Crippen LogP contribution in [0.1, 0.15) is 52.0 Å². The number of nitrogens with zero attached hydrogens (tertiary/aromatic N) is 2. The van der Waals surface area contributed by atoms with Crippen molar-refractivity contribution in [3.05, 3.63) is 123 Å². The Hall–Kier alpha value is -4.85. The second-order valence-electron chi connectivity index (χ2n) is 11.6. The summed E-state index contributed by atoms with van der Waals surface area (Å²) in [7, 11) is 0. The van der Waals surface area contributed by atoms with E-state index in [0.717, 1.165) is 36.3 Å². The van der Waals surface area contributed by atoms with Gasteiger partial charge < -0.3 is 25.4 Å². The van der Waals surface area contributed by atoms with E-state index in [-0.39, 0.29) is 23.4 Å². The van der Waals surface area contributed by atoms with Gasteiger partial charge in [-0.1, -0.05) is 55.0 Å². The number of hydrogen-bond donors (Lipinski definition) is 3. The molecule has 3 heterocycles. The molecule has 8 nitrogen and oxygen atoms in total. The van der Waals surface area contributed by atoms with Gasteiger partial charge in [0.25, 0.3) is 11.5 Å². The first-order chi connectivity index (χ1) is 20.9. The van der Waals surface area contributed by atoms with Gasteiger partial charge in [0.1, 0.15) is 0 Å². The van der Waals surface area contributed by atoms with Crippen LogP contribution in [0.25, 0.3) is 0 Å². The molecule has 2 unspecified atom stereocenters. The largest absolute Gasteiger partial charge is 0.369 e. The molecule has 0 aliphatic carbocycles. The molecule has 0 spiro atoms. The lowest BCUT2D eigenvalue weighted by Gasteiger charge is -2.44. The monoisotopic (exact) mass is 575 g/mol. The number of nitrogens with one attached hydrogen (secondary N) is 3. The Morgan fingerprint density at radius 1 is 0.860 bits per heavy atom. The van der Waals surface area contributed by atoms with E-state index in [1.165, 1.54) is 11.1 Å². The van der Waals surface area contributed by atoms with Gasteiger partial charge >= 0.3 is 6.03 Å². The SMILES string of the molecule is CCc1ccc(NC(=O)Nc2cc(C(=O)NCc3ccc(C)cc3)ccc2N2CC3CC(C2)c2cccc(=O)n2C3)cc1. The molecule has 2 aliphatic heterocycles. The number of aryl methyl sites for hydroxylation is 2. The summed E-state index contributed by atoms with van der Waals surface area (Å²) in [6.07, 6.45) is 1.95. The number of pyridine rings is 1. The molecule has 1 saturated heterocycles. The molecular weight excluding hydrogens is 538 g/mol. The number of benzene rings is 3. The molecule has 2 bridgehead atoms. The number of hydrogen-bond acceptors (Lipinski definition) is 4. The Labute approximate surface area is 251 Å². The maximum atomic E-state index is 13.2. The summed E-state index contributed by atoms with van der Waals surface area (Å²) in [5.41, 5.74) is 7.06. The average molecular weight is 576 g/mol. The fourth-order valence-electron chi connectivity index (χ4n) is 6.25. The molecule has 0 radical (unpaired) electrons. The zero-order valence-electron chi connectivity index (χ0n) is 24.6. The van der Waals surface area contributed by atoms with Gasteiger partial charge in [-0.25, -0.2) is 4.79 Å². The number of fused-ring (bicyclic) bond motifs is 4. The van der Waals surface area contributed by atoms with Crippen LogP contribution in [-0.4, -0.2) is 29.6 Å². The van der Waals surface area contributed by atoms with Crippen molar-refractivity contribution in [1.82, 2.24) is 9.88 Å². The van der Waals surface area contributed by atoms with Gasteiger partial charge in [0.15, 0.2) is 0 Å². The highest BCUT2D eigenvalue weighted by molar-refractivity contribution is 6.04. The van der Waals surface area contributed by atoms with Gasteiger partial charge in [-0.2, -0.15) is 0 Å². The molecule has 3 amide bonds. The fourth-order valence-corrected chi connectivity index (χ4v) is 6.25. The van der Waals surface area contributed by atoms with Crippen molar-refractivity contribution in [1.29, 1.82) is 0 Å². The van der Waals surface area contributed by atoms with Gasteiger partial charge in [0.2, 0.25) is 0 Å². The quantitative estimate of drug-likeness (QED) is 0.255. The highest BCUT2D eigenvalue weighted by Gasteiger charge is 2.35. The number of amides is 3. The van der Waals surface area contributed by atoms with Crippen LogP contribution in [0.4, 0.5) is 21.9 Å². The normalized spacial score (nSPS) is 17.1.